The van der Waals surface area contributed by atoms with E-state index in [1.165, 1.54) is 7.11 Å². The molecule has 0 aliphatic heterocycles. The molecule has 0 unspecified atom stereocenters. The van der Waals surface area contributed by atoms with Gasteiger partial charge in [-0.25, -0.2) is 9.78 Å². The second-order valence-corrected chi connectivity index (χ2v) is 3.60. The van der Waals surface area contributed by atoms with Crippen LogP contribution in [0.3, 0.4) is 0 Å². The van der Waals surface area contributed by atoms with Gasteiger partial charge in [-0.05, 0) is 18.2 Å². The Morgan fingerprint density at radius 2 is 2.10 bits per heavy atom. The fourth-order valence-electron chi connectivity index (χ4n) is 1.23. The molecule has 0 bridgehead atoms. The lowest BCUT2D eigenvalue weighted by atomic mass is 10.2. The van der Waals surface area contributed by atoms with Gasteiger partial charge in [-0.1, -0.05) is 0 Å². The first-order chi connectivity index (χ1) is 9.34. The predicted octanol–water partition coefficient (Wildman–Crippen LogP) is 2.22. The highest BCUT2D eigenvalue weighted by Crippen LogP contribution is 2.30. The van der Waals surface area contributed by atoms with Crippen molar-refractivity contribution in [1.29, 1.82) is 0 Å². The summed E-state index contributed by atoms with van der Waals surface area (Å²) in [6.45, 7) is 0.165. The topological polar surface area (TPSA) is 68.7 Å². The van der Waals surface area contributed by atoms with Crippen molar-refractivity contribution in [2.45, 2.75) is 6.18 Å². The molecule has 20 heavy (non-hydrogen) atoms. The molecule has 0 aromatic carbocycles. The van der Waals surface area contributed by atoms with Gasteiger partial charge in [0.1, 0.15) is 12.3 Å². The molecule has 8 heteroatoms. The van der Waals surface area contributed by atoms with Crippen molar-refractivity contribution in [2.24, 2.45) is 0 Å². The van der Waals surface area contributed by atoms with Gasteiger partial charge in [-0.2, -0.15) is 13.2 Å². The minimum atomic E-state index is -4.60. The summed E-state index contributed by atoms with van der Waals surface area (Å²) in [6.07, 6.45) is -2.71. The van der Waals surface area contributed by atoms with E-state index in [-0.39, 0.29) is 24.7 Å². The van der Waals surface area contributed by atoms with Crippen LogP contribution in [0.25, 0.3) is 6.08 Å². The smallest absolute Gasteiger partial charge is 0.433 e. The minimum absolute atomic E-state index is 0.00127. The molecular formula is C12H12F3NO4. The Bertz CT molecular complexity index is 500. The molecule has 1 aromatic heterocycles. The van der Waals surface area contributed by atoms with Crippen molar-refractivity contribution in [3.63, 3.8) is 0 Å². The van der Waals surface area contributed by atoms with Gasteiger partial charge >= 0.3 is 12.1 Å². The summed E-state index contributed by atoms with van der Waals surface area (Å²) < 4.78 is 47.4. The first kappa shape index (κ1) is 16.0. The van der Waals surface area contributed by atoms with Gasteiger partial charge in [0.2, 0.25) is 5.88 Å². The Morgan fingerprint density at radius 3 is 2.65 bits per heavy atom. The summed E-state index contributed by atoms with van der Waals surface area (Å²) in [6, 6.07) is 1.85. The van der Waals surface area contributed by atoms with Crippen LogP contribution in [0.4, 0.5) is 13.2 Å². The number of aliphatic carboxylic acids is 1. The van der Waals surface area contributed by atoms with E-state index in [1.54, 1.807) is 0 Å². The fraction of sp³-hybridized carbons (Fsp3) is 0.333. The Kier molecular flexibility index (Phi) is 5.51. The molecule has 0 amide bonds. The summed E-state index contributed by atoms with van der Waals surface area (Å²) in [5.74, 6) is -1.53. The highest BCUT2D eigenvalue weighted by atomic mass is 19.4. The fourth-order valence-corrected chi connectivity index (χ4v) is 1.23. The van der Waals surface area contributed by atoms with E-state index >= 15 is 0 Å². The van der Waals surface area contributed by atoms with Crippen molar-refractivity contribution in [3.8, 4) is 5.88 Å². The third kappa shape index (κ3) is 4.88. The van der Waals surface area contributed by atoms with Crippen molar-refractivity contribution < 1.29 is 32.5 Å². The van der Waals surface area contributed by atoms with Crippen LogP contribution in [-0.2, 0) is 15.7 Å². The van der Waals surface area contributed by atoms with Gasteiger partial charge in [-0.15, -0.1) is 0 Å². The van der Waals surface area contributed by atoms with Crippen LogP contribution in [0.5, 0.6) is 5.88 Å². The molecule has 0 saturated heterocycles. The predicted molar refractivity (Wildman–Crippen MR) is 63.3 cm³/mol. The number of carbonyl (C=O) groups is 1. The highest BCUT2D eigenvalue weighted by Gasteiger charge is 2.33. The SMILES string of the molecule is COCCOc1nc(C(F)(F)F)ccc1/C=C/C(=O)O. The number of rotatable bonds is 6. The monoisotopic (exact) mass is 291 g/mol. The standard InChI is InChI=1S/C12H12F3NO4/c1-19-6-7-20-11-8(3-5-10(17)18)2-4-9(16-11)12(13,14)15/h2-5H,6-7H2,1H3,(H,17,18)/b5-3+. The molecule has 1 N–H and O–H groups in total. The van der Waals surface area contributed by atoms with Crippen LogP contribution in [0.2, 0.25) is 0 Å². The quantitative estimate of drug-likeness (QED) is 0.643. The summed E-state index contributed by atoms with van der Waals surface area (Å²) >= 11 is 0. The number of hydrogen-bond acceptors (Lipinski definition) is 4. The van der Waals surface area contributed by atoms with Crippen LogP contribution in [0.1, 0.15) is 11.3 Å². The zero-order valence-corrected chi connectivity index (χ0v) is 10.5. The molecule has 1 rings (SSSR count). The van der Waals surface area contributed by atoms with E-state index in [0.717, 1.165) is 24.3 Å². The summed E-state index contributed by atoms with van der Waals surface area (Å²) in [7, 11) is 1.41. The van der Waals surface area contributed by atoms with Gasteiger partial charge in [0.25, 0.3) is 0 Å². The maximum absolute atomic E-state index is 12.5. The summed E-state index contributed by atoms with van der Waals surface area (Å²) in [5.41, 5.74) is -0.978. The molecule has 0 aliphatic rings. The third-order valence-corrected chi connectivity index (χ3v) is 2.11. The molecule has 1 heterocycles. The van der Waals surface area contributed by atoms with Crippen LogP contribution >= 0.6 is 0 Å². The van der Waals surface area contributed by atoms with E-state index in [2.05, 4.69) is 4.98 Å². The van der Waals surface area contributed by atoms with Crippen LogP contribution in [-0.4, -0.2) is 36.4 Å². The maximum atomic E-state index is 12.5. The van der Waals surface area contributed by atoms with Crippen molar-refractivity contribution in [3.05, 3.63) is 29.5 Å². The number of carboxylic acid groups (broad SMARTS) is 1. The molecule has 110 valence electrons. The molecule has 0 fully saturated rings. The van der Waals surface area contributed by atoms with E-state index in [1.807, 2.05) is 0 Å². The number of methoxy groups -OCH3 is 1. The highest BCUT2D eigenvalue weighted by molar-refractivity contribution is 5.85. The average Bonchev–Trinajstić information content (AvgIpc) is 2.36. The zero-order valence-electron chi connectivity index (χ0n) is 10.5. The lowest BCUT2D eigenvalue weighted by Crippen LogP contribution is -2.12. The molecule has 0 spiro atoms. The first-order valence-corrected chi connectivity index (χ1v) is 5.45. The molecule has 0 aliphatic carbocycles. The summed E-state index contributed by atoms with van der Waals surface area (Å²) in [4.78, 5) is 13.8. The number of carboxylic acids is 1. The maximum Gasteiger partial charge on any atom is 0.433 e. The van der Waals surface area contributed by atoms with Crippen LogP contribution in [0.15, 0.2) is 18.2 Å². The largest absolute Gasteiger partial charge is 0.478 e. The first-order valence-electron chi connectivity index (χ1n) is 5.45. The Balaban J connectivity index is 3.06. The normalized spacial score (nSPS) is 11.8. The molecule has 5 nitrogen and oxygen atoms in total. The van der Waals surface area contributed by atoms with Crippen molar-refractivity contribution in [2.75, 3.05) is 20.3 Å². The summed E-state index contributed by atoms with van der Waals surface area (Å²) in [5, 5.41) is 8.52. The number of alkyl halides is 3. The average molecular weight is 291 g/mol. The van der Waals surface area contributed by atoms with Gasteiger partial charge in [-0.3, -0.25) is 0 Å². The number of pyridine rings is 1. The Labute approximate surface area is 112 Å². The van der Waals surface area contributed by atoms with Gasteiger partial charge in [0.15, 0.2) is 0 Å². The lowest BCUT2D eigenvalue weighted by molar-refractivity contribution is -0.141. The Hall–Kier alpha value is -2.09. The van der Waals surface area contributed by atoms with Crippen LogP contribution in [0, 0.1) is 0 Å². The third-order valence-electron chi connectivity index (χ3n) is 2.11. The second kappa shape index (κ2) is 6.90. The Morgan fingerprint density at radius 1 is 1.40 bits per heavy atom. The molecule has 1 aromatic rings. The van der Waals surface area contributed by atoms with E-state index < -0.39 is 17.8 Å². The van der Waals surface area contributed by atoms with E-state index in [0.29, 0.717) is 0 Å². The zero-order chi connectivity index (χ0) is 15.2. The van der Waals surface area contributed by atoms with Crippen LogP contribution < -0.4 is 4.74 Å². The molecule has 0 radical (unpaired) electrons. The number of nitrogens with zero attached hydrogens (tertiary/aromatic N) is 1. The number of halogens is 3. The van der Waals surface area contributed by atoms with Gasteiger partial charge in [0, 0.05) is 18.7 Å². The number of aromatic nitrogens is 1. The molecule has 0 atom stereocenters. The molecular weight excluding hydrogens is 279 g/mol. The number of ether oxygens (including phenoxy) is 2. The molecule has 0 saturated carbocycles. The van der Waals surface area contributed by atoms with Crippen molar-refractivity contribution in [1.82, 2.24) is 4.98 Å². The van der Waals surface area contributed by atoms with Crippen molar-refractivity contribution >= 4 is 12.0 Å². The number of hydrogen-bond donors (Lipinski definition) is 1. The van der Waals surface area contributed by atoms with Gasteiger partial charge < -0.3 is 14.6 Å². The lowest BCUT2D eigenvalue weighted by Gasteiger charge is -2.11. The van der Waals surface area contributed by atoms with Gasteiger partial charge in [0.05, 0.1) is 6.61 Å². The second-order valence-electron chi connectivity index (χ2n) is 3.60. The van der Waals surface area contributed by atoms with E-state index in [4.69, 9.17) is 14.6 Å². The minimum Gasteiger partial charge on any atom is -0.478 e. The van der Waals surface area contributed by atoms with E-state index in [9.17, 15) is 18.0 Å².